The average molecular weight is 461 g/mol. The lowest BCUT2D eigenvalue weighted by Gasteiger charge is -2.23. The molecule has 0 saturated carbocycles. The zero-order valence-electron chi connectivity index (χ0n) is 19.2. The second-order valence-corrected chi connectivity index (χ2v) is 8.07. The molecule has 0 fully saturated rings. The van der Waals surface area contributed by atoms with Crippen LogP contribution in [0.2, 0.25) is 0 Å². The van der Waals surface area contributed by atoms with Gasteiger partial charge in [0.25, 0.3) is 5.91 Å². The van der Waals surface area contributed by atoms with Crippen molar-refractivity contribution in [1.29, 1.82) is 0 Å². The van der Waals surface area contributed by atoms with Crippen molar-refractivity contribution >= 4 is 29.3 Å². The van der Waals surface area contributed by atoms with E-state index < -0.39 is 35.4 Å². The monoisotopic (exact) mass is 460 g/mol. The average Bonchev–Trinajstić information content (AvgIpc) is 2.74. The van der Waals surface area contributed by atoms with Gasteiger partial charge < -0.3 is 20.1 Å². The third-order valence-corrected chi connectivity index (χ3v) is 4.30. The lowest BCUT2D eigenvalue weighted by molar-refractivity contribution is -0.118. The van der Waals surface area contributed by atoms with Gasteiger partial charge in [0, 0.05) is 6.07 Å². The van der Waals surface area contributed by atoms with Crippen LogP contribution in [0, 0.1) is 5.82 Å². The van der Waals surface area contributed by atoms with Crippen LogP contribution >= 0.6 is 0 Å². The largest absolute Gasteiger partial charge is 0.497 e. The Labute approximate surface area is 192 Å². The van der Waals surface area contributed by atoms with Crippen LogP contribution in [0.4, 0.5) is 20.6 Å². The van der Waals surface area contributed by atoms with Crippen LogP contribution in [0.25, 0.3) is 0 Å². The zero-order valence-corrected chi connectivity index (χ0v) is 19.2. The fraction of sp³-hybridized carbons (Fsp3) is 0.348. The van der Waals surface area contributed by atoms with E-state index in [1.807, 2.05) is 0 Å². The minimum atomic E-state index is -0.950. The normalized spacial score (nSPS) is 11.7. The van der Waals surface area contributed by atoms with E-state index in [9.17, 15) is 18.8 Å². The second-order valence-electron chi connectivity index (χ2n) is 8.07. The number of halogens is 1. The molecule has 3 amide bonds. The maximum absolute atomic E-state index is 14.5. The number of hydrogen-bond acceptors (Lipinski definition) is 6. The Morgan fingerprint density at radius 3 is 2.42 bits per heavy atom. The molecule has 0 saturated heterocycles. The molecule has 1 atom stereocenters. The Morgan fingerprint density at radius 2 is 1.79 bits per heavy atom. The molecule has 2 aromatic rings. The highest BCUT2D eigenvalue weighted by molar-refractivity contribution is 6.05. The van der Waals surface area contributed by atoms with Crippen molar-refractivity contribution in [3.63, 3.8) is 0 Å². The quantitative estimate of drug-likeness (QED) is 0.445. The molecule has 33 heavy (non-hydrogen) atoms. The van der Waals surface area contributed by atoms with Crippen LogP contribution in [-0.2, 0) is 9.53 Å². The number of anilines is 2. The van der Waals surface area contributed by atoms with Gasteiger partial charge in [0.15, 0.2) is 0 Å². The molecule has 10 heteroatoms. The number of benzene rings is 2. The third-order valence-electron chi connectivity index (χ3n) is 4.30. The Kier molecular flexibility index (Phi) is 8.61. The van der Waals surface area contributed by atoms with Gasteiger partial charge in [-0.15, -0.1) is 0 Å². The van der Waals surface area contributed by atoms with Crippen molar-refractivity contribution in [3.8, 4) is 5.75 Å². The molecule has 2 rings (SSSR count). The molecule has 0 aliphatic heterocycles. The SMILES string of the molecule is CC[C@H](NC(=O)OC(C)(C)C)C(=O)Nc1cccc(F)c1C(=O)NNc1cccc(OC)c1. The van der Waals surface area contributed by atoms with Crippen LogP contribution in [0.15, 0.2) is 42.5 Å². The molecule has 178 valence electrons. The highest BCUT2D eigenvalue weighted by Gasteiger charge is 2.25. The predicted octanol–water partition coefficient (Wildman–Crippen LogP) is 3.83. The topological polar surface area (TPSA) is 118 Å². The van der Waals surface area contributed by atoms with Gasteiger partial charge >= 0.3 is 6.09 Å². The van der Waals surface area contributed by atoms with Crippen molar-refractivity contribution in [1.82, 2.24) is 10.7 Å². The first-order valence-corrected chi connectivity index (χ1v) is 10.3. The fourth-order valence-electron chi connectivity index (χ4n) is 2.77. The second kappa shape index (κ2) is 11.2. The Hall–Kier alpha value is -3.82. The lowest BCUT2D eigenvalue weighted by atomic mass is 10.1. The molecule has 2 aromatic carbocycles. The molecule has 4 N–H and O–H groups in total. The van der Waals surface area contributed by atoms with Crippen molar-refractivity contribution in [3.05, 3.63) is 53.8 Å². The summed E-state index contributed by atoms with van der Waals surface area (Å²) < 4.78 is 24.8. The molecule has 0 bridgehead atoms. The first kappa shape index (κ1) is 25.4. The van der Waals surface area contributed by atoms with Crippen LogP contribution in [0.1, 0.15) is 44.5 Å². The molecule has 0 unspecified atom stereocenters. The minimum absolute atomic E-state index is 0.0469. The summed E-state index contributed by atoms with van der Waals surface area (Å²) in [5.41, 5.74) is 4.43. The lowest BCUT2D eigenvalue weighted by Crippen LogP contribution is -2.45. The number of hydrogen-bond donors (Lipinski definition) is 4. The van der Waals surface area contributed by atoms with E-state index in [2.05, 4.69) is 21.5 Å². The maximum atomic E-state index is 14.5. The van der Waals surface area contributed by atoms with E-state index in [0.29, 0.717) is 11.4 Å². The summed E-state index contributed by atoms with van der Waals surface area (Å²) in [6.07, 6.45) is -0.511. The molecule has 0 aliphatic carbocycles. The highest BCUT2D eigenvalue weighted by atomic mass is 19.1. The van der Waals surface area contributed by atoms with Crippen LogP contribution in [-0.4, -0.2) is 36.7 Å². The van der Waals surface area contributed by atoms with E-state index in [4.69, 9.17) is 9.47 Å². The summed E-state index contributed by atoms with van der Waals surface area (Å²) in [7, 11) is 1.51. The molecule has 0 aromatic heterocycles. The van der Waals surface area contributed by atoms with Crippen LogP contribution in [0.3, 0.4) is 0 Å². The summed E-state index contributed by atoms with van der Waals surface area (Å²) in [6, 6.07) is 9.67. The van der Waals surface area contributed by atoms with E-state index in [1.165, 1.54) is 19.2 Å². The van der Waals surface area contributed by atoms with Gasteiger partial charge in [-0.2, -0.15) is 0 Å². The van der Waals surface area contributed by atoms with Crippen molar-refractivity contribution in [2.24, 2.45) is 0 Å². The number of carbonyl (C=O) groups is 3. The number of methoxy groups -OCH3 is 1. The molecular formula is C23H29FN4O5. The van der Waals surface area contributed by atoms with E-state index in [1.54, 1.807) is 52.0 Å². The van der Waals surface area contributed by atoms with Crippen LogP contribution in [0.5, 0.6) is 5.75 Å². The smallest absolute Gasteiger partial charge is 0.408 e. The van der Waals surface area contributed by atoms with Crippen molar-refractivity contribution < 1.29 is 28.2 Å². The summed E-state index contributed by atoms with van der Waals surface area (Å²) in [6.45, 7) is 6.79. The molecule has 0 aliphatic rings. The number of amides is 3. The van der Waals surface area contributed by atoms with Gasteiger partial charge in [0.1, 0.15) is 28.8 Å². The molecule has 0 radical (unpaired) electrons. The number of nitrogens with one attached hydrogen (secondary N) is 4. The van der Waals surface area contributed by atoms with Gasteiger partial charge in [0.05, 0.1) is 18.5 Å². The van der Waals surface area contributed by atoms with Gasteiger partial charge in [-0.3, -0.25) is 20.4 Å². The number of carbonyl (C=O) groups excluding carboxylic acids is 3. The number of alkyl carbamates (subject to hydrolysis) is 1. The van der Waals surface area contributed by atoms with Gasteiger partial charge in [-0.05, 0) is 51.5 Å². The summed E-state index contributed by atoms with van der Waals surface area (Å²) in [5, 5.41) is 4.98. The Morgan fingerprint density at radius 1 is 1.09 bits per heavy atom. The number of hydrazine groups is 1. The fourth-order valence-corrected chi connectivity index (χ4v) is 2.77. The van der Waals surface area contributed by atoms with E-state index >= 15 is 0 Å². The van der Waals surface area contributed by atoms with Crippen LogP contribution < -0.4 is 26.2 Å². The third kappa shape index (κ3) is 7.67. The first-order valence-electron chi connectivity index (χ1n) is 10.3. The highest BCUT2D eigenvalue weighted by Crippen LogP contribution is 2.21. The summed E-state index contributed by atoms with van der Waals surface area (Å²) in [5.74, 6) is -1.69. The standard InChI is InChI=1S/C23H29FN4O5/c1-6-17(26-22(31)33-23(2,3)4)20(29)25-18-12-8-11-16(24)19(18)21(30)28-27-14-9-7-10-15(13-14)32-5/h7-13,17,27H,6H2,1-5H3,(H,25,29)(H,26,31)(H,28,30)/t17-/m0/s1. The summed E-state index contributed by atoms with van der Waals surface area (Å²) in [4.78, 5) is 37.4. The van der Waals surface area contributed by atoms with E-state index in [0.717, 1.165) is 6.07 Å². The maximum Gasteiger partial charge on any atom is 0.408 e. The first-order chi connectivity index (χ1) is 15.5. The van der Waals surface area contributed by atoms with Crippen molar-refractivity contribution in [2.75, 3.05) is 17.9 Å². The number of ether oxygens (including phenoxy) is 2. The van der Waals surface area contributed by atoms with Gasteiger partial charge in [-0.25, -0.2) is 9.18 Å². The van der Waals surface area contributed by atoms with Crippen molar-refractivity contribution in [2.45, 2.75) is 45.8 Å². The Bertz CT molecular complexity index is 1010. The predicted molar refractivity (Wildman–Crippen MR) is 123 cm³/mol. The molecular weight excluding hydrogens is 431 g/mol. The molecule has 0 spiro atoms. The van der Waals surface area contributed by atoms with Gasteiger partial charge in [-0.1, -0.05) is 19.1 Å². The van der Waals surface area contributed by atoms with E-state index in [-0.39, 0.29) is 17.7 Å². The minimum Gasteiger partial charge on any atom is -0.497 e. The number of rotatable bonds is 8. The van der Waals surface area contributed by atoms with Gasteiger partial charge in [0.2, 0.25) is 5.91 Å². The molecule has 9 nitrogen and oxygen atoms in total. The Balaban J connectivity index is 2.12. The zero-order chi connectivity index (χ0) is 24.6. The molecule has 0 heterocycles. The summed E-state index contributed by atoms with van der Waals surface area (Å²) >= 11 is 0.